The van der Waals surface area contributed by atoms with Crippen LogP contribution in [0, 0.1) is 0 Å². The lowest BCUT2D eigenvalue weighted by molar-refractivity contribution is 0.266. The summed E-state index contributed by atoms with van der Waals surface area (Å²) in [7, 11) is 0. The Morgan fingerprint density at radius 2 is 2.43 bits per heavy atom. The Labute approximate surface area is 128 Å². The molecule has 1 aliphatic heterocycles. The maximum Gasteiger partial charge on any atom is 0.134 e. The van der Waals surface area contributed by atoms with Gasteiger partial charge in [0.1, 0.15) is 18.0 Å². The van der Waals surface area contributed by atoms with E-state index in [4.69, 9.17) is 0 Å². The molecule has 0 spiro atoms. The highest BCUT2D eigenvalue weighted by molar-refractivity contribution is 7.10. The molecule has 112 valence electrons. The molecule has 1 aliphatic rings. The van der Waals surface area contributed by atoms with Gasteiger partial charge in [0.05, 0.1) is 18.7 Å². The largest absolute Gasteiger partial charge is 0.394 e. The van der Waals surface area contributed by atoms with Crippen LogP contribution in [0.1, 0.15) is 30.7 Å². The van der Waals surface area contributed by atoms with Crippen molar-refractivity contribution in [1.82, 2.24) is 9.97 Å². The molecular weight excluding hydrogens is 284 g/mol. The van der Waals surface area contributed by atoms with Crippen molar-refractivity contribution in [3.05, 3.63) is 34.8 Å². The van der Waals surface area contributed by atoms with Gasteiger partial charge < -0.3 is 15.3 Å². The lowest BCUT2D eigenvalue weighted by Gasteiger charge is -2.24. The van der Waals surface area contributed by atoms with Gasteiger partial charge in [-0.15, -0.1) is 11.3 Å². The first-order chi connectivity index (χ1) is 10.3. The lowest BCUT2D eigenvalue weighted by Crippen LogP contribution is -2.32. The first kappa shape index (κ1) is 14.3. The molecule has 0 aliphatic carbocycles. The molecule has 5 nitrogen and oxygen atoms in total. The van der Waals surface area contributed by atoms with Crippen LogP contribution < -0.4 is 10.2 Å². The molecule has 0 bridgehead atoms. The van der Waals surface area contributed by atoms with Crippen LogP contribution in [-0.4, -0.2) is 34.3 Å². The van der Waals surface area contributed by atoms with Crippen molar-refractivity contribution < 1.29 is 5.11 Å². The molecule has 0 radical (unpaired) electrons. The molecule has 0 aromatic carbocycles. The minimum absolute atomic E-state index is 0.179. The van der Waals surface area contributed by atoms with Crippen molar-refractivity contribution in [1.29, 1.82) is 0 Å². The summed E-state index contributed by atoms with van der Waals surface area (Å²) in [4.78, 5) is 12.1. The molecule has 6 heteroatoms. The quantitative estimate of drug-likeness (QED) is 0.889. The van der Waals surface area contributed by atoms with Gasteiger partial charge in [0, 0.05) is 17.5 Å². The van der Waals surface area contributed by atoms with Crippen LogP contribution in [0.4, 0.5) is 11.6 Å². The zero-order valence-electron chi connectivity index (χ0n) is 12.1. The van der Waals surface area contributed by atoms with E-state index in [0.717, 1.165) is 31.0 Å². The summed E-state index contributed by atoms with van der Waals surface area (Å²) in [6.07, 6.45) is 3.71. The third-order valence-corrected chi connectivity index (χ3v) is 4.92. The molecule has 3 rings (SSSR count). The summed E-state index contributed by atoms with van der Waals surface area (Å²) in [6, 6.07) is 6.55. The predicted molar refractivity (Wildman–Crippen MR) is 85.8 cm³/mol. The lowest BCUT2D eigenvalue weighted by atomic mass is 10.2. The number of hydrogen-bond donors (Lipinski definition) is 2. The molecule has 1 fully saturated rings. The second kappa shape index (κ2) is 6.41. The summed E-state index contributed by atoms with van der Waals surface area (Å²) in [5, 5.41) is 14.9. The second-order valence-electron chi connectivity index (χ2n) is 5.31. The predicted octanol–water partition coefficient (Wildman–Crippen LogP) is 2.67. The maximum absolute atomic E-state index is 9.44. The van der Waals surface area contributed by atoms with E-state index in [2.05, 4.69) is 44.6 Å². The third-order valence-electron chi connectivity index (χ3n) is 3.87. The Kier molecular flexibility index (Phi) is 4.36. The molecule has 2 atom stereocenters. The van der Waals surface area contributed by atoms with Crippen molar-refractivity contribution in [3.63, 3.8) is 0 Å². The van der Waals surface area contributed by atoms with E-state index in [9.17, 15) is 5.11 Å². The number of rotatable bonds is 5. The van der Waals surface area contributed by atoms with Crippen LogP contribution >= 0.6 is 11.3 Å². The number of nitrogens with zero attached hydrogens (tertiary/aromatic N) is 3. The smallest absolute Gasteiger partial charge is 0.134 e. The third kappa shape index (κ3) is 3.16. The van der Waals surface area contributed by atoms with E-state index in [1.54, 1.807) is 17.7 Å². The van der Waals surface area contributed by atoms with Crippen LogP contribution in [0.5, 0.6) is 0 Å². The first-order valence-corrected chi connectivity index (χ1v) is 8.15. The Balaban J connectivity index is 1.74. The molecule has 3 heterocycles. The monoisotopic (exact) mass is 304 g/mol. The molecule has 0 saturated carbocycles. The summed E-state index contributed by atoms with van der Waals surface area (Å²) >= 11 is 1.73. The van der Waals surface area contributed by atoms with E-state index in [1.807, 2.05) is 6.07 Å². The Bertz CT molecular complexity index is 575. The van der Waals surface area contributed by atoms with Crippen LogP contribution in [0.25, 0.3) is 0 Å². The van der Waals surface area contributed by atoms with Gasteiger partial charge in [-0.2, -0.15) is 0 Å². The molecular formula is C15H20N4OS. The zero-order valence-corrected chi connectivity index (χ0v) is 12.9. The molecule has 0 amide bonds. The zero-order chi connectivity index (χ0) is 14.7. The van der Waals surface area contributed by atoms with Crippen LogP contribution in [0.3, 0.4) is 0 Å². The molecule has 21 heavy (non-hydrogen) atoms. The normalized spacial score (nSPS) is 19.7. The van der Waals surface area contributed by atoms with Gasteiger partial charge in [0.25, 0.3) is 0 Å². The number of thiophene rings is 1. The molecule has 1 saturated heterocycles. The summed E-state index contributed by atoms with van der Waals surface area (Å²) in [5.41, 5.74) is 0. The fourth-order valence-electron chi connectivity index (χ4n) is 2.74. The van der Waals surface area contributed by atoms with Gasteiger partial charge in [-0.3, -0.25) is 0 Å². The summed E-state index contributed by atoms with van der Waals surface area (Å²) in [5.74, 6) is 1.71. The van der Waals surface area contributed by atoms with Gasteiger partial charge in [-0.1, -0.05) is 6.07 Å². The van der Waals surface area contributed by atoms with Gasteiger partial charge in [-0.25, -0.2) is 9.97 Å². The number of hydrogen-bond acceptors (Lipinski definition) is 6. The van der Waals surface area contributed by atoms with E-state index >= 15 is 0 Å². The standard InChI is InChI=1S/C15H20N4OS/c1-11(13-5-3-7-21-13)18-14-8-15(17-10-16-14)19-6-2-4-12(19)9-20/h3,5,7-8,10-12,20H,2,4,6,9H2,1H3,(H,16,17,18). The van der Waals surface area contributed by atoms with E-state index in [-0.39, 0.29) is 18.7 Å². The Morgan fingerprint density at radius 3 is 3.19 bits per heavy atom. The fourth-order valence-corrected chi connectivity index (χ4v) is 3.48. The van der Waals surface area contributed by atoms with Gasteiger partial charge >= 0.3 is 0 Å². The van der Waals surface area contributed by atoms with E-state index < -0.39 is 0 Å². The van der Waals surface area contributed by atoms with E-state index in [0.29, 0.717) is 0 Å². The highest BCUT2D eigenvalue weighted by Gasteiger charge is 2.25. The van der Waals surface area contributed by atoms with E-state index in [1.165, 1.54) is 4.88 Å². The van der Waals surface area contributed by atoms with Crippen molar-refractivity contribution in [2.24, 2.45) is 0 Å². The molecule has 2 N–H and O–H groups in total. The van der Waals surface area contributed by atoms with Gasteiger partial charge in [-0.05, 0) is 31.2 Å². The van der Waals surface area contributed by atoms with Crippen LogP contribution in [0.2, 0.25) is 0 Å². The van der Waals surface area contributed by atoms with Crippen LogP contribution in [-0.2, 0) is 0 Å². The van der Waals surface area contributed by atoms with Crippen molar-refractivity contribution in [3.8, 4) is 0 Å². The number of aromatic nitrogens is 2. The topological polar surface area (TPSA) is 61.3 Å². The highest BCUT2D eigenvalue weighted by atomic mass is 32.1. The van der Waals surface area contributed by atoms with Crippen molar-refractivity contribution in [2.45, 2.75) is 31.8 Å². The second-order valence-corrected chi connectivity index (χ2v) is 6.29. The SMILES string of the molecule is CC(Nc1cc(N2CCCC2CO)ncn1)c1cccs1. The van der Waals surface area contributed by atoms with Crippen molar-refractivity contribution in [2.75, 3.05) is 23.4 Å². The number of aliphatic hydroxyl groups excluding tert-OH is 1. The molecule has 2 aromatic rings. The molecule has 2 aromatic heterocycles. The average Bonchev–Trinajstić information content (AvgIpc) is 3.18. The summed E-state index contributed by atoms with van der Waals surface area (Å²) in [6.45, 7) is 3.25. The van der Waals surface area contributed by atoms with Gasteiger partial charge in [0.15, 0.2) is 0 Å². The minimum atomic E-state index is 0.179. The molecule has 2 unspecified atom stereocenters. The minimum Gasteiger partial charge on any atom is -0.394 e. The number of aliphatic hydroxyl groups is 1. The number of anilines is 2. The Morgan fingerprint density at radius 1 is 1.52 bits per heavy atom. The van der Waals surface area contributed by atoms with Gasteiger partial charge in [0.2, 0.25) is 0 Å². The highest BCUT2D eigenvalue weighted by Crippen LogP contribution is 2.26. The average molecular weight is 304 g/mol. The maximum atomic E-state index is 9.44. The first-order valence-electron chi connectivity index (χ1n) is 7.27. The fraction of sp³-hybridized carbons (Fsp3) is 0.467. The van der Waals surface area contributed by atoms with Crippen molar-refractivity contribution >= 4 is 23.0 Å². The van der Waals surface area contributed by atoms with Crippen LogP contribution in [0.15, 0.2) is 29.9 Å². The number of nitrogens with one attached hydrogen (secondary N) is 1. The summed E-state index contributed by atoms with van der Waals surface area (Å²) < 4.78 is 0. The Hall–Kier alpha value is -1.66.